The highest BCUT2D eigenvalue weighted by Crippen LogP contribution is 2.32. The fraction of sp³-hybridized carbons (Fsp3) is 0.269. The summed E-state index contributed by atoms with van der Waals surface area (Å²) in [6.07, 6.45) is 0. The van der Waals surface area contributed by atoms with Crippen LogP contribution in [0.1, 0.15) is 16.7 Å². The smallest absolute Gasteiger partial charge is 0.264 e. The van der Waals surface area contributed by atoms with Crippen LogP contribution in [0.25, 0.3) is 0 Å². The third-order valence-electron chi connectivity index (χ3n) is 5.25. The number of nitrogens with one attached hydrogen (secondary N) is 1. The molecule has 0 aromatic heterocycles. The Morgan fingerprint density at radius 1 is 0.886 bits per heavy atom. The normalized spacial score (nSPS) is 11.1. The Balaban J connectivity index is 2.00. The highest BCUT2D eigenvalue weighted by molar-refractivity contribution is 7.92. The molecule has 0 saturated heterocycles. The molecule has 0 atom stereocenters. The summed E-state index contributed by atoms with van der Waals surface area (Å²) in [5.74, 6) is 0.189. The van der Waals surface area contributed by atoms with Gasteiger partial charge in [-0.1, -0.05) is 18.2 Å². The highest BCUT2D eigenvalue weighted by Gasteiger charge is 2.29. The van der Waals surface area contributed by atoms with Gasteiger partial charge >= 0.3 is 0 Å². The second-order valence-electron chi connectivity index (χ2n) is 8.06. The molecule has 0 aliphatic rings. The number of rotatable bonds is 10. The summed E-state index contributed by atoms with van der Waals surface area (Å²) in [5, 5.41) is 2.79. The maximum absolute atomic E-state index is 13.8. The van der Waals surface area contributed by atoms with Gasteiger partial charge in [0.1, 0.15) is 6.54 Å². The van der Waals surface area contributed by atoms with Crippen LogP contribution in [-0.4, -0.2) is 42.2 Å². The molecular formula is C26H30N2O6S. The third-order valence-corrected chi connectivity index (χ3v) is 7.02. The van der Waals surface area contributed by atoms with Crippen molar-refractivity contribution in [2.75, 3.05) is 37.5 Å². The number of anilines is 2. The topological polar surface area (TPSA) is 94.2 Å². The average molecular weight is 499 g/mol. The third kappa shape index (κ3) is 6.32. The number of ether oxygens (including phenoxy) is 3. The van der Waals surface area contributed by atoms with Crippen LogP contribution in [0.5, 0.6) is 11.5 Å². The Hall–Kier alpha value is -3.56. The van der Waals surface area contributed by atoms with Gasteiger partial charge in [0.25, 0.3) is 10.0 Å². The second kappa shape index (κ2) is 11.2. The molecule has 3 aromatic carbocycles. The molecular weight excluding hydrogens is 468 g/mol. The van der Waals surface area contributed by atoms with Crippen molar-refractivity contribution in [3.05, 3.63) is 77.4 Å². The van der Waals surface area contributed by atoms with E-state index in [0.717, 1.165) is 21.0 Å². The summed E-state index contributed by atoms with van der Waals surface area (Å²) in [6, 6.07) is 16.9. The van der Waals surface area contributed by atoms with Crippen molar-refractivity contribution in [2.24, 2.45) is 0 Å². The summed E-state index contributed by atoms with van der Waals surface area (Å²) < 4.78 is 44.3. The Morgan fingerprint density at radius 3 is 2.20 bits per heavy atom. The number of carbonyl (C=O) groups is 1. The van der Waals surface area contributed by atoms with Crippen molar-refractivity contribution in [1.82, 2.24) is 0 Å². The van der Waals surface area contributed by atoms with Crippen LogP contribution in [0.3, 0.4) is 0 Å². The number of aryl methyl sites for hydroxylation is 2. The molecule has 0 aliphatic heterocycles. The van der Waals surface area contributed by atoms with E-state index in [0.29, 0.717) is 23.7 Å². The number of methoxy groups -OCH3 is 3. The van der Waals surface area contributed by atoms with Crippen LogP contribution >= 0.6 is 0 Å². The van der Waals surface area contributed by atoms with Crippen molar-refractivity contribution in [2.45, 2.75) is 25.3 Å². The summed E-state index contributed by atoms with van der Waals surface area (Å²) in [5.41, 5.74) is 3.57. The minimum Gasteiger partial charge on any atom is -0.493 e. The standard InChI is InChI=1S/C26H30N2O6S/c1-18-11-19(2)13-22(12-18)28(16-26(29)27-21-8-6-7-20(14-21)17-32-3)35(30,31)23-9-10-24(33-4)25(15-23)34-5/h6-15H,16-17H2,1-5H3,(H,27,29). The minimum atomic E-state index is -4.13. The number of hydrogen-bond donors (Lipinski definition) is 1. The molecule has 0 fully saturated rings. The van der Waals surface area contributed by atoms with Crippen molar-refractivity contribution in [3.63, 3.8) is 0 Å². The zero-order valence-electron chi connectivity index (χ0n) is 20.5. The number of carbonyl (C=O) groups excluding carboxylic acids is 1. The first-order valence-electron chi connectivity index (χ1n) is 10.9. The molecule has 8 nitrogen and oxygen atoms in total. The first kappa shape index (κ1) is 26.1. The summed E-state index contributed by atoms with van der Waals surface area (Å²) >= 11 is 0. The predicted molar refractivity (Wildman–Crippen MR) is 136 cm³/mol. The average Bonchev–Trinajstić information content (AvgIpc) is 2.81. The first-order valence-corrected chi connectivity index (χ1v) is 12.3. The van der Waals surface area contributed by atoms with Crippen LogP contribution < -0.4 is 19.1 Å². The second-order valence-corrected chi connectivity index (χ2v) is 9.92. The molecule has 0 unspecified atom stereocenters. The molecule has 0 aliphatic carbocycles. The molecule has 0 radical (unpaired) electrons. The predicted octanol–water partition coefficient (Wildman–Crippen LogP) is 4.30. The van der Waals surface area contributed by atoms with Gasteiger partial charge in [0.2, 0.25) is 5.91 Å². The van der Waals surface area contributed by atoms with Crippen LogP contribution in [0, 0.1) is 13.8 Å². The van der Waals surface area contributed by atoms with E-state index in [9.17, 15) is 13.2 Å². The number of amides is 1. The van der Waals surface area contributed by atoms with E-state index < -0.39 is 22.5 Å². The van der Waals surface area contributed by atoms with E-state index in [2.05, 4.69) is 5.32 Å². The SMILES string of the molecule is COCc1cccc(NC(=O)CN(c2cc(C)cc(C)c2)S(=O)(=O)c2ccc(OC)c(OC)c2)c1. The van der Waals surface area contributed by atoms with E-state index in [1.807, 2.05) is 26.0 Å². The van der Waals surface area contributed by atoms with Crippen LogP contribution in [-0.2, 0) is 26.2 Å². The lowest BCUT2D eigenvalue weighted by Gasteiger charge is -2.25. The lowest BCUT2D eigenvalue weighted by molar-refractivity contribution is -0.114. The van der Waals surface area contributed by atoms with E-state index in [1.165, 1.54) is 32.4 Å². The fourth-order valence-corrected chi connectivity index (χ4v) is 5.17. The molecule has 0 heterocycles. The molecule has 186 valence electrons. The lowest BCUT2D eigenvalue weighted by Crippen LogP contribution is -2.38. The van der Waals surface area contributed by atoms with Crippen molar-refractivity contribution in [1.29, 1.82) is 0 Å². The molecule has 35 heavy (non-hydrogen) atoms. The minimum absolute atomic E-state index is 0.0239. The van der Waals surface area contributed by atoms with Gasteiger partial charge in [0, 0.05) is 18.9 Å². The van der Waals surface area contributed by atoms with Crippen LogP contribution in [0.4, 0.5) is 11.4 Å². The number of hydrogen-bond acceptors (Lipinski definition) is 6. The van der Waals surface area contributed by atoms with Gasteiger partial charge < -0.3 is 19.5 Å². The number of nitrogens with zero attached hydrogens (tertiary/aromatic N) is 1. The van der Waals surface area contributed by atoms with Crippen molar-refractivity contribution >= 4 is 27.3 Å². The van der Waals surface area contributed by atoms with Crippen LogP contribution in [0.2, 0.25) is 0 Å². The molecule has 9 heteroatoms. The zero-order valence-corrected chi connectivity index (χ0v) is 21.3. The van der Waals surface area contributed by atoms with Gasteiger partial charge in [-0.15, -0.1) is 0 Å². The Bertz CT molecular complexity index is 1290. The molecule has 1 N–H and O–H groups in total. The van der Waals surface area contributed by atoms with Gasteiger partial charge in [0.15, 0.2) is 11.5 Å². The Kier molecular flexibility index (Phi) is 8.37. The maximum atomic E-state index is 13.8. The molecule has 3 aromatic rings. The lowest BCUT2D eigenvalue weighted by atomic mass is 10.1. The first-order chi connectivity index (χ1) is 16.7. The summed E-state index contributed by atoms with van der Waals surface area (Å²) in [6.45, 7) is 3.72. The molecule has 0 spiro atoms. The molecule has 3 rings (SSSR count). The Labute approximate surface area is 206 Å². The van der Waals surface area contributed by atoms with Crippen molar-refractivity contribution < 1.29 is 27.4 Å². The monoisotopic (exact) mass is 498 g/mol. The maximum Gasteiger partial charge on any atom is 0.264 e. The van der Waals surface area contributed by atoms with Gasteiger partial charge in [-0.25, -0.2) is 8.42 Å². The molecule has 1 amide bonds. The van der Waals surface area contributed by atoms with E-state index in [4.69, 9.17) is 14.2 Å². The zero-order chi connectivity index (χ0) is 25.6. The summed E-state index contributed by atoms with van der Waals surface area (Å²) in [7, 11) is 0.361. The van der Waals surface area contributed by atoms with Gasteiger partial charge in [0.05, 0.1) is 31.4 Å². The fourth-order valence-electron chi connectivity index (χ4n) is 3.75. The molecule has 0 saturated carbocycles. The Morgan fingerprint density at radius 2 is 1.57 bits per heavy atom. The van der Waals surface area contributed by atoms with E-state index >= 15 is 0 Å². The van der Waals surface area contributed by atoms with Crippen LogP contribution in [0.15, 0.2) is 65.6 Å². The molecule has 0 bridgehead atoms. The van der Waals surface area contributed by atoms with Crippen molar-refractivity contribution in [3.8, 4) is 11.5 Å². The van der Waals surface area contributed by atoms with Gasteiger partial charge in [-0.3, -0.25) is 9.10 Å². The van der Waals surface area contributed by atoms with E-state index in [-0.39, 0.29) is 10.6 Å². The number of sulfonamides is 1. The highest BCUT2D eigenvalue weighted by atomic mass is 32.2. The quantitative estimate of drug-likeness (QED) is 0.448. The number of benzene rings is 3. The van der Waals surface area contributed by atoms with Gasteiger partial charge in [-0.2, -0.15) is 0 Å². The van der Waals surface area contributed by atoms with Gasteiger partial charge in [-0.05, 0) is 66.9 Å². The summed E-state index contributed by atoms with van der Waals surface area (Å²) in [4.78, 5) is 13.0. The largest absolute Gasteiger partial charge is 0.493 e. The van der Waals surface area contributed by atoms with E-state index in [1.54, 1.807) is 37.4 Å².